The molecule has 3 aliphatic rings. The highest BCUT2D eigenvalue weighted by Gasteiger charge is 2.33. The Balaban J connectivity index is 1.54. The number of alkyl carbamates (subject to hydrolysis) is 1. The number of guanidine groups is 1. The summed E-state index contributed by atoms with van der Waals surface area (Å²) in [6.45, 7) is 2.02. The number of aliphatic imine (C=N–C) groups is 1. The molecule has 1 aromatic heterocycles. The summed E-state index contributed by atoms with van der Waals surface area (Å²) >= 11 is 0. The normalized spacial score (nSPS) is 18.8. The van der Waals surface area contributed by atoms with E-state index < -0.39 is 6.09 Å². The number of hydrogen-bond acceptors (Lipinski definition) is 6. The summed E-state index contributed by atoms with van der Waals surface area (Å²) in [5.74, 6) is 0.717. The molecule has 30 heavy (non-hydrogen) atoms. The van der Waals surface area contributed by atoms with Crippen molar-refractivity contribution in [3.05, 3.63) is 76.4 Å². The van der Waals surface area contributed by atoms with E-state index in [9.17, 15) is 9.90 Å². The molecule has 5 rings (SSSR count). The second-order valence-electron chi connectivity index (χ2n) is 7.38. The van der Waals surface area contributed by atoms with Gasteiger partial charge in [0.15, 0.2) is 0 Å². The predicted octanol–water partition coefficient (Wildman–Crippen LogP) is 3.31. The highest BCUT2D eigenvalue weighted by molar-refractivity contribution is 5.95. The maximum atomic E-state index is 11.6. The summed E-state index contributed by atoms with van der Waals surface area (Å²) in [7, 11) is 1.31. The first-order valence-corrected chi connectivity index (χ1v) is 9.64. The van der Waals surface area contributed by atoms with Gasteiger partial charge in [0.25, 0.3) is 0 Å². The van der Waals surface area contributed by atoms with Gasteiger partial charge < -0.3 is 14.8 Å². The van der Waals surface area contributed by atoms with Crippen molar-refractivity contribution >= 4 is 23.8 Å². The van der Waals surface area contributed by atoms with Gasteiger partial charge in [-0.15, -0.1) is 0 Å². The van der Waals surface area contributed by atoms with E-state index >= 15 is 0 Å². The summed E-state index contributed by atoms with van der Waals surface area (Å²) in [6, 6.07) is 5.52. The third-order valence-corrected chi connectivity index (χ3v) is 5.60. The second kappa shape index (κ2) is 6.84. The molecule has 1 aliphatic carbocycles. The van der Waals surface area contributed by atoms with Crippen LogP contribution in [0.2, 0.25) is 0 Å². The number of H-pyrrole nitrogens is 1. The number of aromatic nitrogens is 1. The largest absolute Gasteiger partial charge is 0.508 e. The summed E-state index contributed by atoms with van der Waals surface area (Å²) < 4.78 is 4.66. The van der Waals surface area contributed by atoms with Crippen LogP contribution >= 0.6 is 0 Å². The van der Waals surface area contributed by atoms with Gasteiger partial charge in [-0.3, -0.25) is 15.8 Å². The van der Waals surface area contributed by atoms with E-state index in [1.54, 1.807) is 18.3 Å². The third kappa shape index (κ3) is 2.85. The first-order chi connectivity index (χ1) is 14.5. The zero-order valence-electron chi connectivity index (χ0n) is 16.6. The minimum Gasteiger partial charge on any atom is -0.508 e. The van der Waals surface area contributed by atoms with E-state index in [1.807, 2.05) is 30.3 Å². The van der Waals surface area contributed by atoms with Crippen LogP contribution in [-0.2, 0) is 4.74 Å². The lowest BCUT2D eigenvalue weighted by molar-refractivity contribution is 0.176. The van der Waals surface area contributed by atoms with Crippen molar-refractivity contribution in [1.82, 2.24) is 20.7 Å². The number of aryl methyl sites for hydroxylation is 1. The van der Waals surface area contributed by atoms with Crippen LogP contribution in [0.15, 0.2) is 53.4 Å². The van der Waals surface area contributed by atoms with Gasteiger partial charge in [-0.05, 0) is 42.7 Å². The van der Waals surface area contributed by atoms with Gasteiger partial charge in [-0.25, -0.2) is 9.79 Å². The van der Waals surface area contributed by atoms with Crippen molar-refractivity contribution in [2.24, 2.45) is 4.99 Å². The highest BCUT2D eigenvalue weighted by atomic mass is 16.5. The topological polar surface area (TPSA) is 102 Å². The van der Waals surface area contributed by atoms with Crippen LogP contribution in [-0.4, -0.2) is 34.3 Å². The minimum absolute atomic E-state index is 0.156. The summed E-state index contributed by atoms with van der Waals surface area (Å²) in [4.78, 5) is 19.3. The molecule has 1 aromatic carbocycles. The zero-order chi connectivity index (χ0) is 20.8. The Bertz CT molecular complexity index is 1170. The maximum Gasteiger partial charge on any atom is 0.413 e. The summed E-state index contributed by atoms with van der Waals surface area (Å²) in [5.41, 5.74) is 10.5. The van der Waals surface area contributed by atoms with Gasteiger partial charge in [-0.2, -0.15) is 0 Å². The van der Waals surface area contributed by atoms with Crippen LogP contribution in [0.3, 0.4) is 0 Å². The van der Waals surface area contributed by atoms with Crippen molar-refractivity contribution in [2.45, 2.75) is 19.3 Å². The number of fused-ring (bicyclic) bond motifs is 2. The molecular formula is C22H21N5O3. The number of benzene rings is 1. The van der Waals surface area contributed by atoms with E-state index in [2.05, 4.69) is 37.6 Å². The zero-order valence-corrected chi connectivity index (χ0v) is 16.6. The maximum absolute atomic E-state index is 11.6. The van der Waals surface area contributed by atoms with Crippen LogP contribution in [0.5, 0.6) is 5.75 Å². The number of allylic oxidation sites excluding steroid dienone is 2. The number of phenols is 1. The van der Waals surface area contributed by atoms with Gasteiger partial charge in [0.2, 0.25) is 5.96 Å². The number of hydrogen-bond donors (Lipinski definition) is 4. The lowest BCUT2D eigenvalue weighted by Gasteiger charge is -2.34. The number of hydrazine groups is 1. The van der Waals surface area contributed by atoms with E-state index in [1.165, 1.54) is 12.7 Å². The molecule has 0 spiro atoms. The van der Waals surface area contributed by atoms with Crippen LogP contribution in [0, 0.1) is 6.92 Å². The molecule has 2 aromatic rings. The van der Waals surface area contributed by atoms with E-state index in [0.29, 0.717) is 0 Å². The third-order valence-electron chi connectivity index (χ3n) is 5.60. The molecule has 4 N–H and O–H groups in total. The highest BCUT2D eigenvalue weighted by Crippen LogP contribution is 2.44. The molecule has 8 nitrogen and oxygen atoms in total. The van der Waals surface area contributed by atoms with Crippen molar-refractivity contribution < 1.29 is 14.6 Å². The number of nitrogens with zero attached hydrogens (tertiary/aromatic N) is 2. The van der Waals surface area contributed by atoms with Crippen LogP contribution < -0.4 is 10.7 Å². The van der Waals surface area contributed by atoms with Crippen molar-refractivity contribution in [3.63, 3.8) is 0 Å². The van der Waals surface area contributed by atoms with Crippen LogP contribution in [0.25, 0.3) is 11.8 Å². The minimum atomic E-state index is -0.591. The number of rotatable bonds is 1. The number of carbonyl (C=O) groups is 1. The number of methoxy groups -OCH3 is 1. The van der Waals surface area contributed by atoms with E-state index in [-0.39, 0.29) is 17.6 Å². The molecule has 0 fully saturated rings. The number of phenolic OH excluding ortho intramolecular Hbond substituents is 1. The quantitative estimate of drug-likeness (QED) is 0.585. The molecule has 2 aliphatic heterocycles. The average molecular weight is 403 g/mol. The number of carbonyl (C=O) groups excluding carboxylic acids is 1. The van der Waals surface area contributed by atoms with E-state index in [0.717, 1.165) is 40.2 Å². The Morgan fingerprint density at radius 3 is 3.03 bits per heavy atom. The van der Waals surface area contributed by atoms with Crippen molar-refractivity contribution in [1.29, 1.82) is 0 Å². The van der Waals surface area contributed by atoms with E-state index in [4.69, 9.17) is 0 Å². The Morgan fingerprint density at radius 2 is 2.23 bits per heavy atom. The number of aromatic hydroxyl groups is 1. The first kappa shape index (κ1) is 18.1. The summed E-state index contributed by atoms with van der Waals surface area (Å²) in [6.07, 6.45) is 10.1. The molecule has 0 saturated carbocycles. The molecule has 8 heteroatoms. The fourth-order valence-corrected chi connectivity index (χ4v) is 4.22. The molecule has 0 bridgehead atoms. The molecule has 1 amide bonds. The van der Waals surface area contributed by atoms with Gasteiger partial charge in [0.05, 0.1) is 24.7 Å². The van der Waals surface area contributed by atoms with Gasteiger partial charge >= 0.3 is 6.09 Å². The number of ether oxygens (including phenoxy) is 1. The van der Waals surface area contributed by atoms with Gasteiger partial charge in [-0.1, -0.05) is 18.2 Å². The van der Waals surface area contributed by atoms with Crippen molar-refractivity contribution in [2.75, 3.05) is 7.11 Å². The lowest BCUT2D eigenvalue weighted by atomic mass is 9.82. The molecule has 1 unspecified atom stereocenters. The molecule has 152 valence electrons. The lowest BCUT2D eigenvalue weighted by Crippen LogP contribution is -2.50. The molecule has 1 atom stereocenters. The van der Waals surface area contributed by atoms with Crippen LogP contribution in [0.1, 0.15) is 40.3 Å². The van der Waals surface area contributed by atoms with Gasteiger partial charge in [0.1, 0.15) is 5.75 Å². The van der Waals surface area contributed by atoms with Crippen molar-refractivity contribution in [3.8, 4) is 5.75 Å². The molecular weight excluding hydrogens is 382 g/mol. The monoisotopic (exact) mass is 403 g/mol. The fraction of sp³-hybridized carbons (Fsp3) is 0.182. The number of aromatic amines is 1. The first-order valence-electron chi connectivity index (χ1n) is 9.64. The average Bonchev–Trinajstić information content (AvgIpc) is 3.09. The second-order valence-corrected chi connectivity index (χ2v) is 7.38. The number of amides is 1. The smallest absolute Gasteiger partial charge is 0.413 e. The molecule has 0 saturated heterocycles. The predicted molar refractivity (Wildman–Crippen MR) is 113 cm³/mol. The Morgan fingerprint density at radius 1 is 1.37 bits per heavy atom. The Hall–Kier alpha value is -3.94. The Kier molecular flexibility index (Phi) is 4.13. The van der Waals surface area contributed by atoms with Gasteiger partial charge in [0, 0.05) is 28.9 Å². The molecule has 0 radical (unpaired) electrons. The fourth-order valence-electron chi connectivity index (χ4n) is 4.22. The summed E-state index contributed by atoms with van der Waals surface area (Å²) in [5, 5.41) is 14.3. The Labute approximate surface area is 173 Å². The number of nitrogens with one attached hydrogen (secondary N) is 3. The van der Waals surface area contributed by atoms with Crippen LogP contribution in [0.4, 0.5) is 4.79 Å². The SMILES string of the molecule is COC(=O)NC1=NC=C2C=Cc3c[nH]c4c3C(=CCC4c3ccc(O)cc3C)N2N1. The molecule has 3 heterocycles. The standard InChI is InChI=1S/C22H21N5O3/c1-12-9-15(28)5-6-16(12)17-7-8-18-19-13(10-23-20(17)19)3-4-14-11-24-21(26-27(14)18)25-22(29)30-2/h3-6,8-11,17,23,28H,7H2,1-2H3,(H2,24,25,26,29).